The van der Waals surface area contributed by atoms with E-state index in [1.165, 1.54) is 31.8 Å². The Hall–Kier alpha value is -4.77. The number of carbonyl (C=O) groups excluding carboxylic acids is 3. The molecule has 0 aliphatic carbocycles. The van der Waals surface area contributed by atoms with Crippen molar-refractivity contribution in [1.82, 2.24) is 4.57 Å². The number of aromatic nitrogens is 1. The molecule has 2 aliphatic heterocycles. The van der Waals surface area contributed by atoms with Gasteiger partial charge in [0.15, 0.2) is 16.3 Å². The van der Waals surface area contributed by atoms with Crippen LogP contribution in [0.2, 0.25) is 0 Å². The van der Waals surface area contributed by atoms with Gasteiger partial charge in [-0.25, -0.2) is 9.79 Å². The zero-order valence-electron chi connectivity index (χ0n) is 22.2. The van der Waals surface area contributed by atoms with Gasteiger partial charge < -0.3 is 19.1 Å². The van der Waals surface area contributed by atoms with E-state index in [1.807, 2.05) is 12.1 Å². The minimum atomic E-state index is -0.950. The predicted molar refractivity (Wildman–Crippen MR) is 148 cm³/mol. The number of benzene rings is 2. The molecule has 0 spiro atoms. The smallest absolute Gasteiger partial charge is 0.338 e. The Bertz CT molecular complexity index is 1820. The number of anilines is 1. The maximum absolute atomic E-state index is 14.2. The molecule has 0 radical (unpaired) electrons. The lowest BCUT2D eigenvalue weighted by molar-refractivity contribution is -0.136. The van der Waals surface area contributed by atoms with Gasteiger partial charge in [0, 0.05) is 19.0 Å². The van der Waals surface area contributed by atoms with Crippen molar-refractivity contribution < 1.29 is 28.6 Å². The third kappa shape index (κ3) is 4.24. The van der Waals surface area contributed by atoms with Gasteiger partial charge in [-0.15, -0.1) is 6.58 Å². The number of para-hydroxylation sites is 1. The molecule has 1 atom stereocenters. The lowest BCUT2D eigenvalue weighted by Crippen LogP contribution is -2.40. The molecule has 0 fully saturated rings. The number of esters is 2. The van der Waals surface area contributed by atoms with Crippen molar-refractivity contribution in [3.8, 4) is 11.5 Å². The topological polar surface area (TPSA) is 117 Å². The largest absolute Gasteiger partial charge is 0.493 e. The van der Waals surface area contributed by atoms with E-state index in [0.717, 1.165) is 11.3 Å². The van der Waals surface area contributed by atoms with E-state index >= 15 is 0 Å². The number of thiazole rings is 1. The van der Waals surface area contributed by atoms with Crippen LogP contribution in [-0.4, -0.2) is 43.2 Å². The Morgan fingerprint density at radius 2 is 1.88 bits per heavy atom. The highest BCUT2D eigenvalue weighted by molar-refractivity contribution is 7.07. The number of nitrogens with zero attached hydrogens (tertiary/aromatic N) is 3. The average molecular weight is 560 g/mol. The minimum absolute atomic E-state index is 0.153. The normalized spacial score (nSPS) is 17.1. The summed E-state index contributed by atoms with van der Waals surface area (Å²) in [5.41, 5.74) is 2.11. The summed E-state index contributed by atoms with van der Waals surface area (Å²) in [7, 11) is 2.67. The summed E-state index contributed by atoms with van der Waals surface area (Å²) in [6.45, 7) is 6.96. The van der Waals surface area contributed by atoms with Crippen LogP contribution in [0.25, 0.3) is 5.57 Å². The number of allylic oxidation sites excluding steroid dienone is 1. The molecule has 2 aliphatic rings. The first-order valence-corrected chi connectivity index (χ1v) is 13.0. The lowest BCUT2D eigenvalue weighted by atomic mass is 9.95. The number of hydrogen-bond acceptors (Lipinski definition) is 9. The van der Waals surface area contributed by atoms with Crippen LogP contribution in [0.1, 0.15) is 31.0 Å². The second-order valence-electron chi connectivity index (χ2n) is 8.99. The van der Waals surface area contributed by atoms with E-state index in [4.69, 9.17) is 14.2 Å². The third-order valence-electron chi connectivity index (χ3n) is 6.62. The Kier molecular flexibility index (Phi) is 6.99. The zero-order chi connectivity index (χ0) is 28.7. The van der Waals surface area contributed by atoms with Crippen LogP contribution in [0.3, 0.4) is 0 Å². The van der Waals surface area contributed by atoms with Crippen molar-refractivity contribution in [2.45, 2.75) is 19.9 Å². The van der Waals surface area contributed by atoms with E-state index in [0.29, 0.717) is 27.3 Å². The quantitative estimate of drug-likeness (QED) is 0.258. The Balaban J connectivity index is 1.80. The predicted octanol–water partition coefficient (Wildman–Crippen LogP) is 2.24. The molecule has 0 saturated carbocycles. The number of hydrogen-bond donors (Lipinski definition) is 0. The van der Waals surface area contributed by atoms with Crippen molar-refractivity contribution in [3.05, 3.63) is 97.2 Å². The summed E-state index contributed by atoms with van der Waals surface area (Å²) in [6.07, 6.45) is 1.62. The fourth-order valence-electron chi connectivity index (χ4n) is 4.96. The lowest BCUT2D eigenvalue weighted by Gasteiger charge is -2.25. The maximum Gasteiger partial charge on any atom is 0.338 e. The first-order chi connectivity index (χ1) is 19.2. The van der Waals surface area contributed by atoms with Crippen LogP contribution in [0.15, 0.2) is 76.2 Å². The molecular weight excluding hydrogens is 534 g/mol. The van der Waals surface area contributed by atoms with Crippen LogP contribution < -0.4 is 29.3 Å². The molecule has 11 heteroatoms. The highest BCUT2D eigenvalue weighted by Gasteiger charge is 2.37. The Labute approximate surface area is 232 Å². The first kappa shape index (κ1) is 26.8. The Morgan fingerprint density at radius 3 is 2.55 bits per heavy atom. The van der Waals surface area contributed by atoms with E-state index < -0.39 is 23.5 Å². The van der Waals surface area contributed by atoms with Crippen molar-refractivity contribution in [3.63, 3.8) is 0 Å². The highest BCUT2D eigenvalue weighted by atomic mass is 32.1. The van der Waals surface area contributed by atoms with Crippen LogP contribution in [0, 0.1) is 0 Å². The van der Waals surface area contributed by atoms with Crippen LogP contribution in [-0.2, 0) is 19.1 Å². The monoisotopic (exact) mass is 559 g/mol. The fraction of sp³-hybridized carbons (Fsp3) is 0.207. The van der Waals surface area contributed by atoms with Gasteiger partial charge in [-0.1, -0.05) is 41.7 Å². The molecule has 40 heavy (non-hydrogen) atoms. The number of fused-ring (bicyclic) bond motifs is 2. The SMILES string of the molecule is C=CCN1C(=O)/C(=c2\sc3n(c2=O)C(c2ccc(OC(C)=O)c(OC)c2)C(C(=O)OC)=C(C)N=3)c2ccccc21. The highest BCUT2D eigenvalue weighted by Crippen LogP contribution is 2.37. The van der Waals surface area contributed by atoms with Crippen LogP contribution in [0.4, 0.5) is 5.69 Å². The van der Waals surface area contributed by atoms with Gasteiger partial charge in [-0.3, -0.25) is 19.0 Å². The summed E-state index contributed by atoms with van der Waals surface area (Å²) >= 11 is 1.08. The van der Waals surface area contributed by atoms with Crippen molar-refractivity contribution in [1.29, 1.82) is 0 Å². The molecule has 1 amide bonds. The van der Waals surface area contributed by atoms with Crippen molar-refractivity contribution in [2.24, 2.45) is 4.99 Å². The van der Waals surface area contributed by atoms with E-state index in [1.54, 1.807) is 42.2 Å². The molecule has 2 aromatic carbocycles. The van der Waals surface area contributed by atoms with Gasteiger partial charge in [-0.2, -0.15) is 0 Å². The maximum atomic E-state index is 14.2. The molecule has 3 aromatic rings. The van der Waals surface area contributed by atoms with Crippen molar-refractivity contribution >= 4 is 40.4 Å². The standard InChI is InChI=1S/C29H25N3O7S/c1-6-13-31-19-10-8-7-9-18(19)23(26(31)34)25-27(35)32-24(22(28(36)38-5)15(2)30-29(32)40-25)17-11-12-20(39-16(3)33)21(14-17)37-4/h6-12,14,24H,1,13H2,2-5H3/b25-23-. The van der Waals surface area contributed by atoms with Crippen LogP contribution in [0.5, 0.6) is 11.5 Å². The Morgan fingerprint density at radius 1 is 1.12 bits per heavy atom. The zero-order valence-corrected chi connectivity index (χ0v) is 23.0. The molecule has 0 N–H and O–H groups in total. The molecule has 204 valence electrons. The number of methoxy groups -OCH3 is 2. The molecule has 1 unspecified atom stereocenters. The summed E-state index contributed by atoms with van der Waals surface area (Å²) in [6, 6.07) is 11.1. The number of rotatable bonds is 6. The van der Waals surface area contributed by atoms with E-state index in [2.05, 4.69) is 11.6 Å². The summed E-state index contributed by atoms with van der Waals surface area (Å²) in [5.74, 6) is -1.09. The van der Waals surface area contributed by atoms with E-state index in [9.17, 15) is 19.2 Å². The fourth-order valence-corrected chi connectivity index (χ4v) is 6.10. The first-order valence-electron chi connectivity index (χ1n) is 12.2. The summed E-state index contributed by atoms with van der Waals surface area (Å²) in [5, 5.41) is 0. The number of ether oxygens (including phenoxy) is 3. The third-order valence-corrected chi connectivity index (χ3v) is 7.68. The van der Waals surface area contributed by atoms with E-state index in [-0.39, 0.29) is 39.6 Å². The van der Waals surface area contributed by atoms with Gasteiger partial charge in [0.2, 0.25) is 0 Å². The summed E-state index contributed by atoms with van der Waals surface area (Å²) < 4.78 is 17.3. The molecule has 0 saturated heterocycles. The average Bonchev–Trinajstić information content (AvgIpc) is 3.40. The molecule has 5 rings (SSSR count). The number of amides is 1. The van der Waals surface area contributed by atoms with Crippen molar-refractivity contribution in [2.75, 3.05) is 25.7 Å². The minimum Gasteiger partial charge on any atom is -0.493 e. The van der Waals surface area contributed by atoms with Gasteiger partial charge >= 0.3 is 11.9 Å². The van der Waals surface area contributed by atoms with Crippen LogP contribution >= 0.6 is 11.3 Å². The molecular formula is C29H25N3O7S. The molecule has 3 heterocycles. The summed E-state index contributed by atoms with van der Waals surface area (Å²) in [4.78, 5) is 58.8. The molecule has 1 aromatic heterocycles. The second-order valence-corrected chi connectivity index (χ2v) is 9.97. The second kappa shape index (κ2) is 10.4. The molecule has 0 bridgehead atoms. The molecule has 10 nitrogen and oxygen atoms in total. The van der Waals surface area contributed by atoms with Gasteiger partial charge in [0.1, 0.15) is 4.53 Å². The van der Waals surface area contributed by atoms with Gasteiger partial charge in [-0.05, 0) is 30.7 Å². The number of carbonyl (C=O) groups is 3. The van der Waals surface area contributed by atoms with Gasteiger partial charge in [0.05, 0.1) is 42.8 Å². The van der Waals surface area contributed by atoms with Gasteiger partial charge in [0.25, 0.3) is 11.5 Å².